The molecule has 170 valence electrons. The van der Waals surface area contributed by atoms with E-state index in [9.17, 15) is 27.6 Å². The van der Waals surface area contributed by atoms with E-state index in [-0.39, 0.29) is 75.2 Å². The third-order valence-electron chi connectivity index (χ3n) is 5.99. The second-order valence-electron chi connectivity index (χ2n) is 7.95. The molecule has 1 amide bonds. The van der Waals surface area contributed by atoms with Gasteiger partial charge in [-0.25, -0.2) is 9.59 Å². The first-order chi connectivity index (χ1) is 15.6. The molecule has 0 spiro atoms. The van der Waals surface area contributed by atoms with Crippen LogP contribution in [0, 0.1) is 6.92 Å². The van der Waals surface area contributed by atoms with Gasteiger partial charge in [0.25, 0.3) is 0 Å². The van der Waals surface area contributed by atoms with Crippen LogP contribution in [-0.4, -0.2) is 37.8 Å². The Morgan fingerprint density at radius 2 is 1.53 bits per heavy atom. The number of carbonyl (C=O) groups is 2. The van der Waals surface area contributed by atoms with Gasteiger partial charge in [0.1, 0.15) is 6.61 Å². The number of nitrogens with zero attached hydrogens (tertiary/aromatic N) is 1. The normalized spacial score (nSPS) is 12.4. The van der Waals surface area contributed by atoms with Crippen LogP contribution in [-0.2, 0) is 4.74 Å². The molecule has 0 aliphatic heterocycles. The number of aromatic carboxylic acids is 1. The third-order valence-corrected chi connectivity index (χ3v) is 5.99. The number of carboxylic acids is 1. The maximum atomic E-state index is 13.5. The van der Waals surface area contributed by atoms with Crippen LogP contribution in [0.1, 0.15) is 33.0 Å². The zero-order valence-corrected chi connectivity index (χ0v) is 22.0. The van der Waals surface area contributed by atoms with E-state index in [1.165, 1.54) is 14.0 Å². The van der Waals surface area contributed by atoms with Crippen molar-refractivity contribution in [2.75, 3.05) is 18.6 Å². The largest absolute Gasteiger partial charge is 1.00 e. The van der Waals surface area contributed by atoms with Crippen molar-refractivity contribution in [3.63, 3.8) is 0 Å². The van der Waals surface area contributed by atoms with Crippen molar-refractivity contribution in [2.24, 2.45) is 0 Å². The SMILES string of the molecule is Cc1c(N(C)C(=O)OCC2c3ccccc3-c3ccccc32)cc(C(=O)O)cc1[B-](F)(F)F.[K+]. The minimum absolute atomic E-state index is 0. The second kappa shape index (κ2) is 10.3. The summed E-state index contributed by atoms with van der Waals surface area (Å²) in [5.41, 5.74) is 2.09. The Labute approximate surface area is 237 Å². The Morgan fingerprint density at radius 3 is 2.03 bits per heavy atom. The van der Waals surface area contributed by atoms with Gasteiger partial charge in [-0.1, -0.05) is 60.2 Å². The molecule has 1 aliphatic rings. The molecule has 0 radical (unpaired) electrons. The molecule has 0 heterocycles. The standard InChI is InChI=1S/C24H20BF3NO4.K/c1-14-21(25(26,27)28)11-15(23(30)31)12-22(14)29(2)24(32)33-13-20-18-9-5-3-7-16(18)17-8-4-6-10-19(17)20;/h3-12,20H,13H2,1-2H3,(H,30,31);/q-1;+1. The maximum Gasteiger partial charge on any atom is 1.00 e. The Morgan fingerprint density at radius 1 is 1.00 bits per heavy atom. The number of carbonyl (C=O) groups excluding carboxylic acids is 1. The molecule has 0 bridgehead atoms. The molecule has 0 saturated carbocycles. The zero-order valence-electron chi connectivity index (χ0n) is 18.9. The second-order valence-corrected chi connectivity index (χ2v) is 7.95. The van der Waals surface area contributed by atoms with E-state index in [2.05, 4.69) is 0 Å². The minimum atomic E-state index is -5.47. The number of hydrogen-bond acceptors (Lipinski definition) is 3. The van der Waals surface area contributed by atoms with Gasteiger partial charge in [-0.3, -0.25) is 4.90 Å². The number of amides is 1. The summed E-state index contributed by atoms with van der Waals surface area (Å²) >= 11 is 0. The molecular formula is C24H20BF3KNO4. The number of ether oxygens (including phenoxy) is 1. The summed E-state index contributed by atoms with van der Waals surface area (Å²) in [4.78, 5) is 25.1. The zero-order chi connectivity index (χ0) is 23.9. The average molecular weight is 493 g/mol. The number of carboxylic acid groups (broad SMARTS) is 1. The fourth-order valence-electron chi connectivity index (χ4n) is 4.32. The van der Waals surface area contributed by atoms with E-state index in [4.69, 9.17) is 4.74 Å². The van der Waals surface area contributed by atoms with E-state index in [0.29, 0.717) is 6.07 Å². The van der Waals surface area contributed by atoms with Gasteiger partial charge in [0, 0.05) is 18.7 Å². The monoisotopic (exact) mass is 493 g/mol. The summed E-state index contributed by atoms with van der Waals surface area (Å²) in [6.45, 7) is -4.27. The Kier molecular flexibility index (Phi) is 7.99. The molecule has 4 rings (SSSR count). The molecule has 3 aromatic rings. The summed E-state index contributed by atoms with van der Waals surface area (Å²) in [5, 5.41) is 9.25. The van der Waals surface area contributed by atoms with Gasteiger partial charge in [-0.2, -0.15) is 0 Å². The van der Waals surface area contributed by atoms with Crippen molar-refractivity contribution in [3.05, 3.63) is 82.9 Å². The molecule has 0 atom stereocenters. The van der Waals surface area contributed by atoms with E-state index < -0.39 is 30.1 Å². The van der Waals surface area contributed by atoms with Crippen molar-refractivity contribution in [1.29, 1.82) is 0 Å². The number of rotatable bonds is 5. The van der Waals surface area contributed by atoms with Crippen molar-refractivity contribution in [2.45, 2.75) is 12.8 Å². The van der Waals surface area contributed by atoms with Gasteiger partial charge < -0.3 is 22.8 Å². The number of hydrogen-bond donors (Lipinski definition) is 1. The van der Waals surface area contributed by atoms with Crippen molar-refractivity contribution in [1.82, 2.24) is 0 Å². The third kappa shape index (κ3) is 4.96. The number of anilines is 1. The van der Waals surface area contributed by atoms with Gasteiger partial charge in [-0.15, -0.1) is 5.46 Å². The molecule has 1 N–H and O–H groups in total. The molecule has 10 heteroatoms. The summed E-state index contributed by atoms with van der Waals surface area (Å²) in [6, 6.07) is 17.2. The van der Waals surface area contributed by atoms with Crippen molar-refractivity contribution in [3.8, 4) is 11.1 Å². The fraction of sp³-hybridized carbons (Fsp3) is 0.167. The first kappa shape index (κ1) is 26.5. The molecular weight excluding hydrogens is 473 g/mol. The van der Waals surface area contributed by atoms with Crippen LogP contribution in [0.4, 0.5) is 23.4 Å². The molecule has 34 heavy (non-hydrogen) atoms. The van der Waals surface area contributed by atoms with Gasteiger partial charge >= 0.3 is 70.4 Å². The van der Waals surface area contributed by atoms with Crippen LogP contribution < -0.4 is 61.7 Å². The first-order valence-electron chi connectivity index (χ1n) is 10.3. The predicted molar refractivity (Wildman–Crippen MR) is 120 cm³/mol. The summed E-state index contributed by atoms with van der Waals surface area (Å²) in [7, 11) is 1.26. The molecule has 0 fully saturated rings. The number of benzene rings is 3. The minimum Gasteiger partial charge on any atom is -0.478 e. The molecule has 5 nitrogen and oxygen atoms in total. The summed E-state index contributed by atoms with van der Waals surface area (Å²) in [6.07, 6.45) is -0.872. The Balaban J connectivity index is 0.00000324. The van der Waals surface area contributed by atoms with E-state index in [1.54, 1.807) is 0 Å². The van der Waals surface area contributed by atoms with Gasteiger partial charge in [0.05, 0.1) is 5.56 Å². The van der Waals surface area contributed by atoms with Crippen LogP contribution in [0.5, 0.6) is 0 Å². The maximum absolute atomic E-state index is 13.5. The summed E-state index contributed by atoms with van der Waals surface area (Å²) < 4.78 is 46.0. The Hall–Kier alpha value is -2.11. The van der Waals surface area contributed by atoms with E-state index >= 15 is 0 Å². The van der Waals surface area contributed by atoms with E-state index in [0.717, 1.165) is 33.2 Å². The smallest absolute Gasteiger partial charge is 0.478 e. The Bertz CT molecular complexity index is 1220. The molecule has 0 saturated heterocycles. The summed E-state index contributed by atoms with van der Waals surface area (Å²) in [5.74, 6) is -1.73. The number of halogens is 3. The average Bonchev–Trinajstić information content (AvgIpc) is 3.10. The number of fused-ring (bicyclic) bond motifs is 3. The predicted octanol–water partition coefficient (Wildman–Crippen LogP) is 2.14. The first-order valence-corrected chi connectivity index (χ1v) is 10.3. The molecule has 3 aromatic carbocycles. The van der Waals surface area contributed by atoms with Crippen molar-refractivity contribution >= 4 is 30.2 Å². The van der Waals surface area contributed by atoms with E-state index in [1.807, 2.05) is 48.5 Å². The quantitative estimate of drug-likeness (QED) is 0.554. The van der Waals surface area contributed by atoms with Crippen molar-refractivity contribution < 1.29 is 83.8 Å². The van der Waals surface area contributed by atoms with Crippen LogP contribution in [0.25, 0.3) is 11.1 Å². The molecule has 1 aliphatic carbocycles. The van der Waals surface area contributed by atoms with Gasteiger partial charge in [0.15, 0.2) is 0 Å². The fourth-order valence-corrected chi connectivity index (χ4v) is 4.32. The molecule has 0 unspecified atom stereocenters. The van der Waals surface area contributed by atoms with Gasteiger partial charge in [-0.05, 0) is 35.2 Å². The topological polar surface area (TPSA) is 66.8 Å². The van der Waals surface area contributed by atoms with Crippen LogP contribution >= 0.6 is 0 Å². The molecule has 0 aromatic heterocycles. The van der Waals surface area contributed by atoms with Gasteiger partial charge in [0.2, 0.25) is 0 Å². The van der Waals surface area contributed by atoms with Crippen LogP contribution in [0.3, 0.4) is 0 Å². The van der Waals surface area contributed by atoms with Crippen LogP contribution in [0.2, 0.25) is 0 Å². The van der Waals surface area contributed by atoms with Crippen LogP contribution in [0.15, 0.2) is 60.7 Å².